The minimum Gasteiger partial charge on any atom is -0.325 e. The molecule has 0 unspecified atom stereocenters. The van der Waals surface area contributed by atoms with Crippen LogP contribution in [0.2, 0.25) is 5.02 Å². The van der Waals surface area contributed by atoms with Gasteiger partial charge in [-0.15, -0.1) is 0 Å². The highest BCUT2D eigenvalue weighted by Crippen LogP contribution is 2.17. The minimum absolute atomic E-state index is 0.175. The van der Waals surface area contributed by atoms with Crippen LogP contribution >= 0.6 is 11.6 Å². The third kappa shape index (κ3) is 3.32. The van der Waals surface area contributed by atoms with Gasteiger partial charge in [-0.1, -0.05) is 11.6 Å². The number of rotatable bonds is 3. The van der Waals surface area contributed by atoms with E-state index in [2.05, 4.69) is 10.6 Å². The van der Waals surface area contributed by atoms with Crippen LogP contribution in [0.25, 0.3) is 0 Å². The first-order valence-corrected chi connectivity index (χ1v) is 4.40. The average Bonchev–Trinajstić information content (AvgIpc) is 2.01. The van der Waals surface area contributed by atoms with E-state index in [0.717, 1.165) is 0 Å². The van der Waals surface area contributed by atoms with Crippen molar-refractivity contribution in [3.63, 3.8) is 0 Å². The van der Waals surface area contributed by atoms with Crippen LogP contribution in [-0.4, -0.2) is 19.5 Å². The summed E-state index contributed by atoms with van der Waals surface area (Å²) in [6.45, 7) is 0.175. The summed E-state index contributed by atoms with van der Waals surface area (Å²) < 4.78 is 12.8. The van der Waals surface area contributed by atoms with E-state index in [1.54, 1.807) is 7.05 Å². The molecule has 2 N–H and O–H groups in total. The van der Waals surface area contributed by atoms with E-state index >= 15 is 0 Å². The molecular formula is C9H10ClFN2O. The molecule has 0 aliphatic heterocycles. The van der Waals surface area contributed by atoms with Gasteiger partial charge in [0, 0.05) is 10.7 Å². The van der Waals surface area contributed by atoms with Crippen LogP contribution in [0.1, 0.15) is 0 Å². The highest BCUT2D eigenvalue weighted by Gasteiger charge is 2.03. The Labute approximate surface area is 86.3 Å². The Morgan fingerprint density at radius 3 is 2.79 bits per heavy atom. The van der Waals surface area contributed by atoms with Crippen LogP contribution in [0.5, 0.6) is 0 Å². The van der Waals surface area contributed by atoms with Gasteiger partial charge in [0.1, 0.15) is 5.82 Å². The lowest BCUT2D eigenvalue weighted by molar-refractivity contribution is -0.115. The van der Waals surface area contributed by atoms with Crippen LogP contribution in [0.4, 0.5) is 10.1 Å². The van der Waals surface area contributed by atoms with Crippen LogP contribution in [0.15, 0.2) is 18.2 Å². The minimum atomic E-state index is -0.475. The van der Waals surface area contributed by atoms with E-state index in [1.165, 1.54) is 18.2 Å². The van der Waals surface area contributed by atoms with Gasteiger partial charge in [-0.05, 0) is 25.2 Å². The van der Waals surface area contributed by atoms with E-state index in [-0.39, 0.29) is 17.5 Å². The van der Waals surface area contributed by atoms with E-state index in [0.29, 0.717) is 5.69 Å². The van der Waals surface area contributed by atoms with Gasteiger partial charge in [0.15, 0.2) is 0 Å². The number of hydrogen-bond acceptors (Lipinski definition) is 2. The molecular weight excluding hydrogens is 207 g/mol. The van der Waals surface area contributed by atoms with Gasteiger partial charge in [0.25, 0.3) is 0 Å². The lowest BCUT2D eigenvalue weighted by Gasteiger charge is -2.04. The Hall–Kier alpha value is -1.13. The summed E-state index contributed by atoms with van der Waals surface area (Å²) >= 11 is 5.60. The Balaban J connectivity index is 2.71. The molecule has 1 rings (SSSR count). The Morgan fingerprint density at radius 1 is 1.50 bits per heavy atom. The topological polar surface area (TPSA) is 41.1 Å². The predicted molar refractivity (Wildman–Crippen MR) is 54.0 cm³/mol. The van der Waals surface area contributed by atoms with Gasteiger partial charge < -0.3 is 10.6 Å². The zero-order valence-electron chi connectivity index (χ0n) is 7.60. The lowest BCUT2D eigenvalue weighted by atomic mass is 10.3. The zero-order chi connectivity index (χ0) is 10.6. The predicted octanol–water partition coefficient (Wildman–Crippen LogP) is 1.64. The first-order valence-electron chi connectivity index (χ1n) is 4.02. The lowest BCUT2D eigenvalue weighted by Crippen LogP contribution is -2.25. The molecule has 76 valence electrons. The molecule has 3 nitrogen and oxygen atoms in total. The molecule has 0 radical (unpaired) electrons. The van der Waals surface area contributed by atoms with Gasteiger partial charge in [-0.25, -0.2) is 4.39 Å². The van der Waals surface area contributed by atoms with Crippen molar-refractivity contribution >= 4 is 23.2 Å². The van der Waals surface area contributed by atoms with Crippen molar-refractivity contribution in [1.82, 2.24) is 5.32 Å². The summed E-state index contributed by atoms with van der Waals surface area (Å²) in [6, 6.07) is 3.87. The van der Waals surface area contributed by atoms with Crippen molar-refractivity contribution in [3.05, 3.63) is 29.0 Å². The second kappa shape index (κ2) is 4.93. The average molecular weight is 217 g/mol. The molecule has 0 spiro atoms. The molecule has 0 saturated heterocycles. The number of hydrogen-bond donors (Lipinski definition) is 2. The second-order valence-corrected chi connectivity index (χ2v) is 3.17. The van der Waals surface area contributed by atoms with Crippen molar-refractivity contribution in [2.24, 2.45) is 0 Å². The molecule has 1 amide bonds. The first-order chi connectivity index (χ1) is 6.61. The largest absolute Gasteiger partial charge is 0.325 e. The Bertz CT molecular complexity index is 323. The summed E-state index contributed by atoms with van der Waals surface area (Å²) in [5.41, 5.74) is 0.357. The van der Waals surface area contributed by atoms with E-state index in [4.69, 9.17) is 11.6 Å². The summed E-state index contributed by atoms with van der Waals surface area (Å²) in [7, 11) is 1.65. The van der Waals surface area contributed by atoms with E-state index < -0.39 is 5.82 Å². The maximum Gasteiger partial charge on any atom is 0.238 e. The van der Waals surface area contributed by atoms with Gasteiger partial charge in [-0.3, -0.25) is 4.79 Å². The number of halogens is 2. The molecule has 14 heavy (non-hydrogen) atoms. The maximum atomic E-state index is 12.8. The third-order valence-corrected chi connectivity index (χ3v) is 1.70. The standard InChI is InChI=1S/C9H10ClFN2O/c1-12-5-9(14)13-8-3-6(10)2-7(11)4-8/h2-4,12H,5H2,1H3,(H,13,14). The number of anilines is 1. The molecule has 0 saturated carbocycles. The smallest absolute Gasteiger partial charge is 0.238 e. The second-order valence-electron chi connectivity index (χ2n) is 2.74. The van der Waals surface area contributed by atoms with Gasteiger partial charge in [0.05, 0.1) is 6.54 Å². The van der Waals surface area contributed by atoms with Gasteiger partial charge in [-0.2, -0.15) is 0 Å². The van der Waals surface area contributed by atoms with E-state index in [1.807, 2.05) is 0 Å². The highest BCUT2D eigenvalue weighted by atomic mass is 35.5. The van der Waals surface area contributed by atoms with Gasteiger partial charge in [0.2, 0.25) is 5.91 Å². The zero-order valence-corrected chi connectivity index (χ0v) is 8.36. The molecule has 0 bridgehead atoms. The monoisotopic (exact) mass is 216 g/mol. The number of benzene rings is 1. The molecule has 0 atom stereocenters. The quantitative estimate of drug-likeness (QED) is 0.807. The fourth-order valence-electron chi connectivity index (χ4n) is 0.992. The van der Waals surface area contributed by atoms with Crippen molar-refractivity contribution in [1.29, 1.82) is 0 Å². The van der Waals surface area contributed by atoms with E-state index in [9.17, 15) is 9.18 Å². The van der Waals surface area contributed by atoms with Crippen molar-refractivity contribution < 1.29 is 9.18 Å². The fraction of sp³-hybridized carbons (Fsp3) is 0.222. The van der Waals surface area contributed by atoms with Crippen LogP contribution in [-0.2, 0) is 4.79 Å². The molecule has 0 fully saturated rings. The summed E-state index contributed by atoms with van der Waals surface area (Å²) in [4.78, 5) is 11.1. The number of likely N-dealkylation sites (N-methyl/N-ethyl adjacent to an activating group) is 1. The molecule has 1 aromatic carbocycles. The van der Waals surface area contributed by atoms with Gasteiger partial charge >= 0.3 is 0 Å². The number of nitrogens with one attached hydrogen (secondary N) is 2. The molecule has 5 heteroatoms. The Morgan fingerprint density at radius 2 is 2.21 bits per heavy atom. The van der Waals surface area contributed by atoms with Crippen LogP contribution < -0.4 is 10.6 Å². The van der Waals surface area contributed by atoms with Crippen molar-refractivity contribution in [3.8, 4) is 0 Å². The first kappa shape index (κ1) is 10.9. The number of carbonyl (C=O) groups excluding carboxylic acids is 1. The highest BCUT2D eigenvalue weighted by molar-refractivity contribution is 6.30. The summed E-state index contributed by atoms with van der Waals surface area (Å²) in [5.74, 6) is -0.716. The summed E-state index contributed by atoms with van der Waals surface area (Å²) in [6.07, 6.45) is 0. The van der Waals surface area contributed by atoms with Crippen LogP contribution in [0, 0.1) is 5.82 Å². The molecule has 0 aliphatic carbocycles. The summed E-state index contributed by atoms with van der Waals surface area (Å²) in [5, 5.41) is 5.43. The molecule has 0 aliphatic rings. The molecule has 0 heterocycles. The molecule has 0 aromatic heterocycles. The van der Waals surface area contributed by atoms with Crippen molar-refractivity contribution in [2.45, 2.75) is 0 Å². The number of amides is 1. The fourth-order valence-corrected chi connectivity index (χ4v) is 1.21. The SMILES string of the molecule is CNCC(=O)Nc1cc(F)cc(Cl)c1. The normalized spacial score (nSPS) is 9.93. The maximum absolute atomic E-state index is 12.8. The van der Waals surface area contributed by atoms with Crippen LogP contribution in [0.3, 0.4) is 0 Å². The molecule has 1 aromatic rings. The Kier molecular flexibility index (Phi) is 3.85. The third-order valence-electron chi connectivity index (χ3n) is 1.48. The van der Waals surface area contributed by atoms with Crippen molar-refractivity contribution in [2.75, 3.05) is 18.9 Å². The number of carbonyl (C=O) groups is 1.